The second-order valence-corrected chi connectivity index (χ2v) is 17.2. The predicted molar refractivity (Wildman–Crippen MR) is 265 cm³/mol. The number of carbonyl (C=O) groups excluding carboxylic acids is 8. The molecule has 1 unspecified atom stereocenters. The number of benzene rings is 2. The minimum Gasteiger partial charge on any atom is -0.384 e. The number of hydroxylamine groups is 2. The Morgan fingerprint density at radius 3 is 2.23 bits per heavy atom. The number of likely N-dealkylation sites (tertiary alicyclic amines) is 1. The number of hydrogen-bond donors (Lipinski definition) is 4. The van der Waals surface area contributed by atoms with Gasteiger partial charge in [0.05, 0.1) is 43.6 Å². The Morgan fingerprint density at radius 2 is 1.61 bits per heavy atom. The molecule has 5 rings (SSSR count). The van der Waals surface area contributed by atoms with Gasteiger partial charge in [-0.3, -0.25) is 38.6 Å². The second-order valence-electron chi connectivity index (χ2n) is 15.9. The van der Waals surface area contributed by atoms with Crippen LogP contribution >= 0.6 is 11.8 Å². The van der Waals surface area contributed by atoms with Crippen LogP contribution in [-0.2, 0) is 61.1 Å². The summed E-state index contributed by atoms with van der Waals surface area (Å²) in [6, 6.07) is 18.0. The fourth-order valence-corrected chi connectivity index (χ4v) is 8.09. The molecule has 2 aliphatic rings. The number of pyridine rings is 1. The maximum Gasteiger partial charge on any atom is 0.255 e. The van der Waals surface area contributed by atoms with Crippen molar-refractivity contribution >= 4 is 72.2 Å². The van der Waals surface area contributed by atoms with Gasteiger partial charge in [0, 0.05) is 88.3 Å². The molecular weight excluding hydrogens is 907 g/mol. The molecule has 1 atom stereocenters. The van der Waals surface area contributed by atoms with Gasteiger partial charge in [-0.15, -0.1) is 11.8 Å². The smallest absolute Gasteiger partial charge is 0.255 e. The number of thioether (sulfide) groups is 1. The molecule has 0 spiro atoms. The van der Waals surface area contributed by atoms with Crippen molar-refractivity contribution in [3.63, 3.8) is 0 Å². The average molecular weight is 976 g/mol. The Morgan fingerprint density at radius 1 is 0.913 bits per heavy atom. The van der Waals surface area contributed by atoms with Crippen molar-refractivity contribution in [1.29, 1.82) is 0 Å². The number of rotatable bonds is 25. The molecule has 6 amide bonds. The molecule has 0 radical (unpaired) electrons. The van der Waals surface area contributed by atoms with Gasteiger partial charge in [0.2, 0.25) is 30.5 Å². The summed E-state index contributed by atoms with van der Waals surface area (Å²) in [7, 11) is 4.59. The minimum absolute atomic E-state index is 0.110. The van der Waals surface area contributed by atoms with Crippen LogP contribution in [0.2, 0.25) is 0 Å². The number of para-hydroxylation sites is 2. The third kappa shape index (κ3) is 24.0. The number of hydrogen-bond acceptors (Lipinski definition) is 13. The van der Waals surface area contributed by atoms with Crippen LogP contribution < -0.4 is 21.7 Å². The molecule has 1 saturated carbocycles. The monoisotopic (exact) mass is 975 g/mol. The van der Waals surface area contributed by atoms with Crippen molar-refractivity contribution in [2.24, 2.45) is 17.6 Å². The molecule has 376 valence electrons. The maximum atomic E-state index is 12.4. The van der Waals surface area contributed by atoms with Gasteiger partial charge >= 0.3 is 0 Å². The lowest BCUT2D eigenvalue weighted by molar-refractivity contribution is -0.168. The first-order valence-electron chi connectivity index (χ1n) is 22.8. The van der Waals surface area contributed by atoms with Crippen molar-refractivity contribution in [3.05, 3.63) is 102 Å². The van der Waals surface area contributed by atoms with E-state index in [1.165, 1.54) is 14.2 Å². The number of nitrogens with one attached hydrogen (secondary N) is 3. The zero-order valence-electron chi connectivity index (χ0n) is 40.0. The van der Waals surface area contributed by atoms with E-state index < -0.39 is 0 Å². The number of nitrogens with two attached hydrogens (primary N) is 1. The molecule has 2 heterocycles. The fraction of sp³-hybridized carbons (Fsp3) is 0.460. The number of anilines is 2. The number of aldehydes is 2. The Balaban J connectivity index is 0.000000379. The van der Waals surface area contributed by atoms with Crippen LogP contribution in [0, 0.1) is 11.8 Å². The standard InChI is InChI=1S/C22H36N2O4S.C21H19N3O3.C6H11NO3.CH3NO/c1-17-20(29-13-12-28-2)14-22(27)24(17)11-5-3-4-6-21(26)23-15-18-7-9-19(16-25)10-8-18;25-15-23-19-5-1-2-6-20(19)24-21(26)18-9-7-16(8-10-18)13-27-14-17-4-3-11-22-12-17;1-7(10-2)6(9)4-3-5-8;2-1-3/h16,18-20H,1,3-15H2,2H3,(H,23,26);1-12,15H,13-14H2,(H,23,25)(H,24,26);5H,3-4H2,1-2H3;1H,(H2,2,3). The number of unbranched alkanes of at least 4 members (excludes halogenated alkanes) is 2. The maximum absolute atomic E-state index is 12.4. The average Bonchev–Trinajstić information content (AvgIpc) is 3.64. The van der Waals surface area contributed by atoms with Gasteiger partial charge in [-0.1, -0.05) is 43.3 Å². The molecule has 5 N–H and O–H groups in total. The third-order valence-corrected chi connectivity index (χ3v) is 12.2. The molecule has 69 heavy (non-hydrogen) atoms. The molecule has 0 bridgehead atoms. The van der Waals surface area contributed by atoms with Crippen LogP contribution in [0.4, 0.5) is 11.4 Å². The molecule has 2 aromatic carbocycles. The van der Waals surface area contributed by atoms with Crippen LogP contribution in [0.1, 0.15) is 92.1 Å². The summed E-state index contributed by atoms with van der Waals surface area (Å²) in [5, 5.41) is 9.67. The number of carbonyl (C=O) groups is 8. The van der Waals surface area contributed by atoms with Crippen molar-refractivity contribution in [3.8, 4) is 0 Å². The van der Waals surface area contributed by atoms with E-state index in [1.807, 2.05) is 29.2 Å². The van der Waals surface area contributed by atoms with Gasteiger partial charge in [-0.05, 0) is 85.9 Å². The van der Waals surface area contributed by atoms with Crippen molar-refractivity contribution in [1.82, 2.24) is 20.3 Å². The lowest BCUT2D eigenvalue weighted by Gasteiger charge is -2.25. The highest BCUT2D eigenvalue weighted by Crippen LogP contribution is 2.32. The zero-order chi connectivity index (χ0) is 50.7. The van der Waals surface area contributed by atoms with Crippen molar-refractivity contribution in [2.75, 3.05) is 57.4 Å². The molecule has 1 aromatic heterocycles. The molecule has 1 aliphatic heterocycles. The molecule has 1 saturated heterocycles. The van der Waals surface area contributed by atoms with E-state index in [0.29, 0.717) is 74.8 Å². The number of nitrogens with zero attached hydrogens (tertiary/aromatic N) is 3. The van der Waals surface area contributed by atoms with E-state index in [2.05, 4.69) is 38.1 Å². The molecule has 2 fully saturated rings. The van der Waals surface area contributed by atoms with Crippen molar-refractivity contribution < 1.29 is 52.7 Å². The molecular formula is C50H69N7O11S. The highest BCUT2D eigenvalue weighted by atomic mass is 32.2. The van der Waals surface area contributed by atoms with Gasteiger partial charge < -0.3 is 45.6 Å². The van der Waals surface area contributed by atoms with Crippen LogP contribution in [0.5, 0.6) is 0 Å². The van der Waals surface area contributed by atoms with E-state index in [4.69, 9.17) is 14.3 Å². The van der Waals surface area contributed by atoms with E-state index >= 15 is 0 Å². The Bertz CT molecular complexity index is 2020. The number of methoxy groups -OCH3 is 1. The van der Waals surface area contributed by atoms with Crippen molar-refractivity contribution in [2.45, 2.75) is 89.1 Å². The van der Waals surface area contributed by atoms with Gasteiger partial charge in [0.25, 0.3) is 5.91 Å². The van der Waals surface area contributed by atoms with Gasteiger partial charge in [-0.2, -0.15) is 0 Å². The first kappa shape index (κ1) is 58.8. The fourth-order valence-electron chi connectivity index (χ4n) is 6.97. The Hall–Kier alpha value is -6.28. The van der Waals surface area contributed by atoms with E-state index in [-0.39, 0.29) is 54.0 Å². The molecule has 18 nitrogen and oxygen atoms in total. The van der Waals surface area contributed by atoms with Crippen LogP contribution in [0.25, 0.3) is 0 Å². The molecule has 19 heteroatoms. The summed E-state index contributed by atoms with van der Waals surface area (Å²) in [5.74, 6) is 1.43. The third-order valence-electron chi connectivity index (χ3n) is 10.9. The first-order chi connectivity index (χ1) is 33.4. The first-order valence-corrected chi connectivity index (χ1v) is 23.9. The summed E-state index contributed by atoms with van der Waals surface area (Å²) < 4.78 is 10.7. The predicted octanol–water partition coefficient (Wildman–Crippen LogP) is 5.87. The van der Waals surface area contributed by atoms with Gasteiger partial charge in [0.1, 0.15) is 12.6 Å². The Kier molecular flexibility index (Phi) is 30.5. The summed E-state index contributed by atoms with van der Waals surface area (Å²) in [5.41, 5.74) is 8.67. The summed E-state index contributed by atoms with van der Waals surface area (Å²) in [6.45, 7) is 7.15. The lowest BCUT2D eigenvalue weighted by atomic mass is 9.83. The topological polar surface area (TPSA) is 246 Å². The lowest BCUT2D eigenvalue weighted by Crippen LogP contribution is -2.31. The normalized spacial score (nSPS) is 15.9. The molecule has 3 aromatic rings. The largest absolute Gasteiger partial charge is 0.384 e. The second kappa shape index (κ2) is 35.8. The van der Waals surface area contributed by atoms with E-state index in [9.17, 15) is 33.6 Å². The van der Waals surface area contributed by atoms with Crippen LogP contribution in [0.15, 0.2) is 85.3 Å². The quantitative estimate of drug-likeness (QED) is 0.0442. The summed E-state index contributed by atoms with van der Waals surface area (Å²) in [6.07, 6.45) is 14.3. The van der Waals surface area contributed by atoms with Gasteiger partial charge in [-0.25, -0.2) is 5.06 Å². The van der Waals surface area contributed by atoms with Gasteiger partial charge in [0.15, 0.2) is 0 Å². The van der Waals surface area contributed by atoms with E-state index in [0.717, 1.165) is 85.4 Å². The highest BCUT2D eigenvalue weighted by Gasteiger charge is 2.33. The molecule has 1 aliphatic carbocycles. The van der Waals surface area contributed by atoms with Crippen LogP contribution in [0.3, 0.4) is 0 Å². The summed E-state index contributed by atoms with van der Waals surface area (Å²) >= 11 is 1.73. The number of ether oxygens (including phenoxy) is 2. The highest BCUT2D eigenvalue weighted by molar-refractivity contribution is 8.00. The zero-order valence-corrected chi connectivity index (χ0v) is 40.8. The van der Waals surface area contributed by atoms with E-state index in [1.54, 1.807) is 67.7 Å². The number of aromatic nitrogens is 1. The number of primary amides is 1. The summed E-state index contributed by atoms with van der Waals surface area (Å²) in [4.78, 5) is 97.7. The minimum atomic E-state index is -0.252. The number of amides is 6. The SMILES string of the molecule is C=C1C(SCCOC)CC(=O)N1CCCCCC(=O)NCC1CCC(C=O)CC1.CON(C)C(=O)CCC=O.NC=O.O=CNc1ccccc1NC(=O)c1ccc(COCc2cccnc2)cc1. The van der Waals surface area contributed by atoms with Crippen LogP contribution in [-0.4, -0.2) is 116 Å². The Labute approximate surface area is 409 Å².